The second kappa shape index (κ2) is 8.64. The lowest BCUT2D eigenvalue weighted by Crippen LogP contribution is -2.49. The van der Waals surface area contributed by atoms with E-state index in [1.165, 1.54) is 0 Å². The first-order valence-electron chi connectivity index (χ1n) is 9.78. The number of hydrogen-bond donors (Lipinski definition) is 1. The van der Waals surface area contributed by atoms with Crippen LogP contribution in [0.1, 0.15) is 29.4 Å². The molecule has 154 valence electrons. The molecule has 0 aliphatic carbocycles. The van der Waals surface area contributed by atoms with Gasteiger partial charge in [-0.3, -0.25) is 9.48 Å². The number of thiophene rings is 1. The molecule has 0 spiro atoms. The highest BCUT2D eigenvalue weighted by molar-refractivity contribution is 7.17. The molecule has 1 atom stereocenters. The van der Waals surface area contributed by atoms with Gasteiger partial charge in [-0.05, 0) is 36.9 Å². The molecule has 2 aliphatic rings. The van der Waals surface area contributed by atoms with Crippen LogP contribution in [0.4, 0.5) is 5.82 Å². The Bertz CT molecular complexity index is 976. The molecule has 0 aromatic carbocycles. The van der Waals surface area contributed by atoms with Gasteiger partial charge in [-0.25, -0.2) is 9.97 Å². The van der Waals surface area contributed by atoms with Crippen molar-refractivity contribution >= 4 is 45.7 Å². The fourth-order valence-electron chi connectivity index (χ4n) is 4.00. The van der Waals surface area contributed by atoms with Crippen molar-refractivity contribution in [3.63, 3.8) is 0 Å². The summed E-state index contributed by atoms with van der Waals surface area (Å²) >= 11 is 1.66. The lowest BCUT2D eigenvalue weighted by molar-refractivity contribution is 0.0739. The number of halogens is 1. The summed E-state index contributed by atoms with van der Waals surface area (Å²) in [7, 11) is 0. The lowest BCUT2D eigenvalue weighted by Gasteiger charge is -2.35. The first kappa shape index (κ1) is 20.1. The first-order chi connectivity index (χ1) is 13.8. The van der Waals surface area contributed by atoms with Gasteiger partial charge in [-0.15, -0.1) is 23.7 Å². The van der Waals surface area contributed by atoms with Crippen LogP contribution in [0.3, 0.4) is 0 Å². The van der Waals surface area contributed by atoms with Gasteiger partial charge < -0.3 is 15.1 Å². The van der Waals surface area contributed by atoms with E-state index < -0.39 is 0 Å². The van der Waals surface area contributed by atoms with Crippen LogP contribution in [0.15, 0.2) is 30.0 Å². The minimum Gasteiger partial charge on any atom is -0.352 e. The number of carbonyl (C=O) groups excluding carboxylic acids is 1. The van der Waals surface area contributed by atoms with Crippen molar-refractivity contribution in [1.82, 2.24) is 30.0 Å². The summed E-state index contributed by atoms with van der Waals surface area (Å²) in [4.78, 5) is 25.8. The van der Waals surface area contributed by atoms with Gasteiger partial charge in [0.05, 0.1) is 16.3 Å². The minimum atomic E-state index is 0. The Hall–Kier alpha value is -2.23. The summed E-state index contributed by atoms with van der Waals surface area (Å²) in [6.45, 7) is 4.87. The summed E-state index contributed by atoms with van der Waals surface area (Å²) in [5.41, 5.74) is 1.53. The van der Waals surface area contributed by atoms with Crippen LogP contribution in [-0.2, 0) is 0 Å². The topological polar surface area (TPSA) is 79.2 Å². The van der Waals surface area contributed by atoms with Crippen molar-refractivity contribution < 1.29 is 4.79 Å². The largest absolute Gasteiger partial charge is 0.352 e. The Morgan fingerprint density at radius 1 is 1.17 bits per heavy atom. The van der Waals surface area contributed by atoms with Crippen LogP contribution >= 0.6 is 23.7 Å². The average Bonchev–Trinajstić information content (AvgIpc) is 3.43. The molecule has 1 amide bonds. The van der Waals surface area contributed by atoms with E-state index in [0.29, 0.717) is 24.8 Å². The van der Waals surface area contributed by atoms with E-state index in [0.717, 1.165) is 55.1 Å². The molecule has 3 aromatic heterocycles. The van der Waals surface area contributed by atoms with Gasteiger partial charge in [-0.1, -0.05) is 0 Å². The van der Waals surface area contributed by atoms with Crippen LogP contribution in [0.2, 0.25) is 0 Å². The molecule has 2 aliphatic heterocycles. The number of anilines is 1. The Morgan fingerprint density at radius 3 is 2.83 bits per heavy atom. The average molecular weight is 434 g/mol. The Balaban J connectivity index is 0.00000205. The van der Waals surface area contributed by atoms with Crippen molar-refractivity contribution in [2.24, 2.45) is 0 Å². The number of hydrogen-bond acceptors (Lipinski definition) is 7. The van der Waals surface area contributed by atoms with Crippen LogP contribution in [0.25, 0.3) is 10.2 Å². The number of piperidine rings is 1. The van der Waals surface area contributed by atoms with Gasteiger partial charge in [0.15, 0.2) is 0 Å². The Morgan fingerprint density at radius 2 is 2.03 bits per heavy atom. The number of fused-ring (bicyclic) bond motifs is 1. The minimum absolute atomic E-state index is 0. The SMILES string of the molecule is Cl.O=C(c1ccn(C2CCCNC2)n1)N1CCN(c2ncnc3ccsc23)CC1. The predicted octanol–water partition coefficient (Wildman–Crippen LogP) is 2.20. The summed E-state index contributed by atoms with van der Waals surface area (Å²) < 4.78 is 3.06. The maximum absolute atomic E-state index is 12.9. The molecule has 1 unspecified atom stereocenters. The number of rotatable bonds is 3. The fourth-order valence-corrected chi connectivity index (χ4v) is 4.86. The molecule has 1 N–H and O–H groups in total. The molecular formula is C19H24ClN7OS. The second-order valence-electron chi connectivity index (χ2n) is 7.29. The van der Waals surface area contributed by atoms with Crippen LogP contribution in [0, 0.1) is 0 Å². The monoisotopic (exact) mass is 433 g/mol. The summed E-state index contributed by atoms with van der Waals surface area (Å²) in [5.74, 6) is 0.993. The maximum atomic E-state index is 12.9. The highest BCUT2D eigenvalue weighted by atomic mass is 35.5. The molecule has 0 bridgehead atoms. The van der Waals surface area contributed by atoms with Gasteiger partial charge in [0.1, 0.15) is 17.8 Å². The zero-order valence-electron chi connectivity index (χ0n) is 16.0. The zero-order chi connectivity index (χ0) is 18.9. The summed E-state index contributed by atoms with van der Waals surface area (Å²) in [5, 5.41) is 10.0. The molecule has 3 aromatic rings. The molecule has 5 heterocycles. The predicted molar refractivity (Wildman–Crippen MR) is 116 cm³/mol. The molecule has 5 rings (SSSR count). The number of aromatic nitrogens is 4. The second-order valence-corrected chi connectivity index (χ2v) is 8.21. The third-order valence-electron chi connectivity index (χ3n) is 5.56. The van der Waals surface area contributed by atoms with Crippen molar-refractivity contribution in [1.29, 1.82) is 0 Å². The van der Waals surface area contributed by atoms with E-state index in [2.05, 4.69) is 25.3 Å². The summed E-state index contributed by atoms with van der Waals surface area (Å²) in [6.07, 6.45) is 5.82. The highest BCUT2D eigenvalue weighted by Gasteiger charge is 2.26. The number of amides is 1. The number of nitrogens with one attached hydrogen (secondary N) is 1. The number of nitrogens with zero attached hydrogens (tertiary/aromatic N) is 6. The van der Waals surface area contributed by atoms with Crippen LogP contribution in [-0.4, -0.2) is 69.8 Å². The molecule has 0 radical (unpaired) electrons. The van der Waals surface area contributed by atoms with Gasteiger partial charge >= 0.3 is 0 Å². The first-order valence-corrected chi connectivity index (χ1v) is 10.7. The molecule has 10 heteroatoms. The Kier molecular flexibility index (Phi) is 5.98. The van der Waals surface area contributed by atoms with Crippen LogP contribution in [0.5, 0.6) is 0 Å². The number of carbonyl (C=O) groups is 1. The van der Waals surface area contributed by atoms with Crippen molar-refractivity contribution in [3.05, 3.63) is 35.7 Å². The van der Waals surface area contributed by atoms with Gasteiger partial charge in [0.2, 0.25) is 0 Å². The maximum Gasteiger partial charge on any atom is 0.274 e. The lowest BCUT2D eigenvalue weighted by atomic mass is 10.1. The van der Waals surface area contributed by atoms with Crippen molar-refractivity contribution in [3.8, 4) is 0 Å². The van der Waals surface area contributed by atoms with Gasteiger partial charge in [-0.2, -0.15) is 5.10 Å². The molecule has 2 saturated heterocycles. The molecular weight excluding hydrogens is 410 g/mol. The summed E-state index contributed by atoms with van der Waals surface area (Å²) in [6, 6.07) is 4.21. The fraction of sp³-hybridized carbons (Fsp3) is 0.474. The quantitative estimate of drug-likeness (QED) is 0.682. The van der Waals surface area contributed by atoms with Crippen LogP contribution < -0.4 is 10.2 Å². The molecule has 8 nitrogen and oxygen atoms in total. The van der Waals surface area contributed by atoms with E-state index in [1.54, 1.807) is 17.7 Å². The van der Waals surface area contributed by atoms with E-state index in [9.17, 15) is 4.79 Å². The van der Waals surface area contributed by atoms with Crippen molar-refractivity contribution in [2.75, 3.05) is 44.2 Å². The molecule has 0 saturated carbocycles. The molecule has 2 fully saturated rings. The highest BCUT2D eigenvalue weighted by Crippen LogP contribution is 2.28. The van der Waals surface area contributed by atoms with Gasteiger partial charge in [0, 0.05) is 38.9 Å². The van der Waals surface area contributed by atoms with Crippen molar-refractivity contribution in [2.45, 2.75) is 18.9 Å². The van der Waals surface area contributed by atoms with E-state index in [-0.39, 0.29) is 18.3 Å². The Labute approximate surface area is 179 Å². The smallest absolute Gasteiger partial charge is 0.274 e. The van der Waals surface area contributed by atoms with E-state index in [1.807, 2.05) is 33.3 Å². The standard InChI is InChI=1S/C19H23N7OS.ClH/c27-19(16-3-6-26(23-16)14-2-1-5-20-12-14)25-9-7-24(8-10-25)18-17-15(4-11-28-17)21-13-22-18;/h3-4,6,11,13-14,20H,1-2,5,7-10,12H2;1H. The number of piperazine rings is 1. The zero-order valence-corrected chi connectivity index (χ0v) is 17.7. The molecule has 29 heavy (non-hydrogen) atoms. The third kappa shape index (κ3) is 3.94. The van der Waals surface area contributed by atoms with Gasteiger partial charge in [0.25, 0.3) is 5.91 Å². The van der Waals surface area contributed by atoms with E-state index in [4.69, 9.17) is 0 Å². The normalized spacial score (nSPS) is 19.9. The third-order valence-corrected chi connectivity index (χ3v) is 6.46. The van der Waals surface area contributed by atoms with E-state index >= 15 is 0 Å².